The molecular weight excluding hydrogens is 214 g/mol. The molecule has 0 saturated heterocycles. The standard InChI is InChI=1S/C13H15N3O/c1-8-4-5-9(2)11(6-8)16-13(17)12-7-14-10(3)15-12/h4-7H,1-3H3,(H,14,15)(H,16,17). The van der Waals surface area contributed by atoms with E-state index in [0.717, 1.165) is 22.6 Å². The molecule has 0 aliphatic carbocycles. The Kier molecular flexibility index (Phi) is 2.95. The highest BCUT2D eigenvalue weighted by Gasteiger charge is 2.09. The molecule has 88 valence electrons. The Labute approximate surface area is 100 Å². The van der Waals surface area contributed by atoms with Gasteiger partial charge in [0.1, 0.15) is 11.5 Å². The summed E-state index contributed by atoms with van der Waals surface area (Å²) in [6.45, 7) is 5.78. The summed E-state index contributed by atoms with van der Waals surface area (Å²) < 4.78 is 0. The molecule has 0 aliphatic heterocycles. The second-order valence-electron chi connectivity index (χ2n) is 4.15. The van der Waals surface area contributed by atoms with Gasteiger partial charge in [-0.3, -0.25) is 4.79 Å². The highest BCUT2D eigenvalue weighted by molar-refractivity contribution is 6.03. The number of aryl methyl sites for hydroxylation is 3. The van der Waals surface area contributed by atoms with E-state index in [1.807, 2.05) is 39.0 Å². The van der Waals surface area contributed by atoms with Crippen LogP contribution in [-0.2, 0) is 0 Å². The monoisotopic (exact) mass is 229 g/mol. The lowest BCUT2D eigenvalue weighted by Gasteiger charge is -2.08. The van der Waals surface area contributed by atoms with Crippen LogP contribution >= 0.6 is 0 Å². The first kappa shape index (κ1) is 11.4. The number of aromatic amines is 1. The van der Waals surface area contributed by atoms with Crippen LogP contribution in [0, 0.1) is 20.8 Å². The molecule has 1 amide bonds. The molecule has 2 N–H and O–H groups in total. The highest BCUT2D eigenvalue weighted by atomic mass is 16.1. The number of imidazole rings is 1. The van der Waals surface area contributed by atoms with Crippen molar-refractivity contribution in [2.24, 2.45) is 0 Å². The van der Waals surface area contributed by atoms with E-state index >= 15 is 0 Å². The summed E-state index contributed by atoms with van der Waals surface area (Å²) in [5.74, 6) is 0.565. The molecule has 1 aromatic carbocycles. The molecule has 1 aromatic heterocycles. The number of nitrogens with zero attached hydrogens (tertiary/aromatic N) is 1. The number of anilines is 1. The lowest BCUT2D eigenvalue weighted by atomic mass is 10.1. The Morgan fingerprint density at radius 3 is 2.71 bits per heavy atom. The van der Waals surface area contributed by atoms with Gasteiger partial charge in [0.05, 0.1) is 6.20 Å². The molecule has 0 bridgehead atoms. The van der Waals surface area contributed by atoms with E-state index in [0.29, 0.717) is 5.69 Å². The maximum absolute atomic E-state index is 11.9. The molecule has 0 atom stereocenters. The normalized spacial score (nSPS) is 10.3. The SMILES string of the molecule is Cc1ccc(C)c(NC(=O)c2cnc(C)[nH]2)c1. The number of amides is 1. The fraction of sp³-hybridized carbons (Fsp3) is 0.231. The average Bonchev–Trinajstić information content (AvgIpc) is 2.70. The van der Waals surface area contributed by atoms with Crippen LogP contribution in [0.15, 0.2) is 24.4 Å². The summed E-state index contributed by atoms with van der Waals surface area (Å²) in [5, 5.41) is 2.87. The van der Waals surface area contributed by atoms with Crippen molar-refractivity contribution in [2.75, 3.05) is 5.32 Å². The van der Waals surface area contributed by atoms with Crippen molar-refractivity contribution in [3.8, 4) is 0 Å². The molecule has 0 fully saturated rings. The van der Waals surface area contributed by atoms with Gasteiger partial charge < -0.3 is 10.3 Å². The second-order valence-corrected chi connectivity index (χ2v) is 4.15. The van der Waals surface area contributed by atoms with Crippen molar-refractivity contribution in [3.05, 3.63) is 47.0 Å². The Morgan fingerprint density at radius 2 is 2.06 bits per heavy atom. The zero-order valence-corrected chi connectivity index (χ0v) is 10.2. The van der Waals surface area contributed by atoms with Gasteiger partial charge >= 0.3 is 0 Å². The lowest BCUT2D eigenvalue weighted by Crippen LogP contribution is -2.13. The van der Waals surface area contributed by atoms with Crippen LogP contribution in [0.4, 0.5) is 5.69 Å². The molecule has 2 aromatic rings. The third-order valence-electron chi connectivity index (χ3n) is 2.59. The molecule has 17 heavy (non-hydrogen) atoms. The minimum Gasteiger partial charge on any atom is -0.338 e. The van der Waals surface area contributed by atoms with Crippen LogP contribution in [0.5, 0.6) is 0 Å². The van der Waals surface area contributed by atoms with Gasteiger partial charge in [-0.2, -0.15) is 0 Å². The number of hydrogen-bond acceptors (Lipinski definition) is 2. The van der Waals surface area contributed by atoms with Gasteiger partial charge in [-0.05, 0) is 38.0 Å². The maximum Gasteiger partial charge on any atom is 0.273 e. The van der Waals surface area contributed by atoms with Crippen molar-refractivity contribution >= 4 is 11.6 Å². The van der Waals surface area contributed by atoms with Gasteiger partial charge in [-0.25, -0.2) is 4.98 Å². The predicted molar refractivity (Wildman–Crippen MR) is 67.2 cm³/mol. The fourth-order valence-electron chi connectivity index (χ4n) is 1.60. The third kappa shape index (κ3) is 2.53. The first-order valence-electron chi connectivity index (χ1n) is 5.46. The van der Waals surface area contributed by atoms with Gasteiger partial charge in [-0.15, -0.1) is 0 Å². The topological polar surface area (TPSA) is 57.8 Å². The third-order valence-corrected chi connectivity index (χ3v) is 2.59. The molecule has 0 unspecified atom stereocenters. The number of benzene rings is 1. The Bertz CT molecular complexity index is 558. The number of hydrogen-bond donors (Lipinski definition) is 2. The summed E-state index contributed by atoms with van der Waals surface area (Å²) in [4.78, 5) is 18.8. The molecule has 1 heterocycles. The van der Waals surface area contributed by atoms with E-state index in [4.69, 9.17) is 0 Å². The first-order chi connectivity index (χ1) is 8.06. The number of aromatic nitrogens is 2. The van der Waals surface area contributed by atoms with Crippen LogP contribution in [0.1, 0.15) is 27.4 Å². The van der Waals surface area contributed by atoms with Crippen LogP contribution < -0.4 is 5.32 Å². The molecule has 0 radical (unpaired) electrons. The zero-order valence-electron chi connectivity index (χ0n) is 10.2. The van der Waals surface area contributed by atoms with Gasteiger partial charge in [0.25, 0.3) is 5.91 Å². The van der Waals surface area contributed by atoms with E-state index in [-0.39, 0.29) is 5.91 Å². The van der Waals surface area contributed by atoms with E-state index in [1.165, 1.54) is 6.20 Å². The van der Waals surface area contributed by atoms with Gasteiger partial charge in [-0.1, -0.05) is 12.1 Å². The average molecular weight is 229 g/mol. The van der Waals surface area contributed by atoms with Gasteiger partial charge in [0, 0.05) is 5.69 Å². The minimum atomic E-state index is -0.167. The fourth-order valence-corrected chi connectivity index (χ4v) is 1.60. The minimum absolute atomic E-state index is 0.167. The van der Waals surface area contributed by atoms with Crippen LogP contribution in [0.25, 0.3) is 0 Å². The summed E-state index contributed by atoms with van der Waals surface area (Å²) >= 11 is 0. The molecule has 4 nitrogen and oxygen atoms in total. The lowest BCUT2D eigenvalue weighted by molar-refractivity contribution is 0.102. The van der Waals surface area contributed by atoms with Gasteiger partial charge in [0.15, 0.2) is 0 Å². The van der Waals surface area contributed by atoms with Crippen LogP contribution in [0.2, 0.25) is 0 Å². The summed E-state index contributed by atoms with van der Waals surface area (Å²) in [6, 6.07) is 5.96. The smallest absolute Gasteiger partial charge is 0.273 e. The summed E-state index contributed by atoms with van der Waals surface area (Å²) in [5.41, 5.74) is 3.47. The molecular formula is C13H15N3O. The molecule has 0 spiro atoms. The Morgan fingerprint density at radius 1 is 1.29 bits per heavy atom. The second kappa shape index (κ2) is 4.41. The van der Waals surface area contributed by atoms with E-state index in [2.05, 4.69) is 15.3 Å². The number of nitrogens with one attached hydrogen (secondary N) is 2. The molecule has 0 aliphatic rings. The molecule has 0 saturated carbocycles. The number of H-pyrrole nitrogens is 1. The Hall–Kier alpha value is -2.10. The van der Waals surface area contributed by atoms with E-state index < -0.39 is 0 Å². The Balaban J connectivity index is 2.21. The van der Waals surface area contributed by atoms with Crippen molar-refractivity contribution < 1.29 is 4.79 Å². The van der Waals surface area contributed by atoms with Crippen molar-refractivity contribution in [1.29, 1.82) is 0 Å². The number of carbonyl (C=O) groups is 1. The molecule has 2 rings (SSSR count). The van der Waals surface area contributed by atoms with Crippen molar-refractivity contribution in [1.82, 2.24) is 9.97 Å². The van der Waals surface area contributed by atoms with Crippen molar-refractivity contribution in [3.63, 3.8) is 0 Å². The highest BCUT2D eigenvalue weighted by Crippen LogP contribution is 2.17. The van der Waals surface area contributed by atoms with Gasteiger partial charge in [0.2, 0.25) is 0 Å². The van der Waals surface area contributed by atoms with Crippen molar-refractivity contribution in [2.45, 2.75) is 20.8 Å². The largest absolute Gasteiger partial charge is 0.338 e. The number of rotatable bonds is 2. The van der Waals surface area contributed by atoms with E-state index in [9.17, 15) is 4.79 Å². The predicted octanol–water partition coefficient (Wildman–Crippen LogP) is 2.59. The zero-order chi connectivity index (χ0) is 12.4. The quantitative estimate of drug-likeness (QED) is 0.831. The maximum atomic E-state index is 11.9. The summed E-state index contributed by atoms with van der Waals surface area (Å²) in [6.07, 6.45) is 1.54. The van der Waals surface area contributed by atoms with E-state index in [1.54, 1.807) is 0 Å². The first-order valence-corrected chi connectivity index (χ1v) is 5.46. The van der Waals surface area contributed by atoms with Crippen LogP contribution in [0.3, 0.4) is 0 Å². The summed E-state index contributed by atoms with van der Waals surface area (Å²) in [7, 11) is 0. The van der Waals surface area contributed by atoms with Crippen LogP contribution in [-0.4, -0.2) is 15.9 Å². The molecule has 4 heteroatoms. The number of carbonyl (C=O) groups excluding carboxylic acids is 1.